The molecular weight excluding hydrogens is 250 g/mol. The second kappa shape index (κ2) is 5.79. The number of hydrogen-bond donors (Lipinski definition) is 1. The van der Waals surface area contributed by atoms with Gasteiger partial charge < -0.3 is 5.73 Å². The first kappa shape index (κ1) is 12.8. The summed E-state index contributed by atoms with van der Waals surface area (Å²) in [7, 11) is 0. The molecule has 18 heavy (non-hydrogen) atoms. The number of aromatic nitrogens is 2. The summed E-state index contributed by atoms with van der Waals surface area (Å²) in [6.45, 7) is 1.33. The van der Waals surface area contributed by atoms with Crippen molar-refractivity contribution in [2.75, 3.05) is 6.54 Å². The fraction of sp³-hybridized carbons (Fsp3) is 0.333. The van der Waals surface area contributed by atoms with Crippen LogP contribution < -0.4 is 17.0 Å². The second-order valence-corrected chi connectivity index (χ2v) is 4.77. The minimum absolute atomic E-state index is 0.269. The highest BCUT2D eigenvalue weighted by atomic mass is 32.1. The third-order valence-corrected chi connectivity index (χ3v) is 3.39. The van der Waals surface area contributed by atoms with E-state index in [9.17, 15) is 9.59 Å². The molecule has 2 aromatic heterocycles. The first-order valence-electron chi connectivity index (χ1n) is 5.74. The van der Waals surface area contributed by atoms with Gasteiger partial charge in [0.2, 0.25) is 0 Å². The molecule has 0 atom stereocenters. The van der Waals surface area contributed by atoms with Gasteiger partial charge in [0.15, 0.2) is 0 Å². The van der Waals surface area contributed by atoms with Crippen LogP contribution in [0.2, 0.25) is 0 Å². The maximum atomic E-state index is 12.1. The van der Waals surface area contributed by atoms with Crippen molar-refractivity contribution >= 4 is 11.3 Å². The molecule has 0 fully saturated rings. The van der Waals surface area contributed by atoms with Crippen LogP contribution in [0.1, 0.15) is 12.0 Å². The number of rotatable bonds is 5. The van der Waals surface area contributed by atoms with Gasteiger partial charge in [-0.3, -0.25) is 13.9 Å². The number of nitrogens with two attached hydrogens (primary N) is 1. The standard InChI is InChI=1S/C12H15N3O2S/c13-4-1-5-15-11(16)2-6-14(12(15)17)8-10-3-7-18-9-10/h2-3,6-7,9H,1,4-5,8,13H2. The lowest BCUT2D eigenvalue weighted by molar-refractivity contribution is 0.554. The van der Waals surface area contributed by atoms with Crippen molar-refractivity contribution in [3.8, 4) is 0 Å². The third-order valence-electron chi connectivity index (χ3n) is 2.66. The van der Waals surface area contributed by atoms with Gasteiger partial charge in [-0.2, -0.15) is 11.3 Å². The van der Waals surface area contributed by atoms with Crippen molar-refractivity contribution in [3.63, 3.8) is 0 Å². The Morgan fingerprint density at radius 1 is 1.28 bits per heavy atom. The summed E-state index contributed by atoms with van der Waals surface area (Å²) in [6.07, 6.45) is 2.17. The average molecular weight is 265 g/mol. The van der Waals surface area contributed by atoms with Gasteiger partial charge in [0.25, 0.3) is 5.56 Å². The van der Waals surface area contributed by atoms with Crippen molar-refractivity contribution in [1.82, 2.24) is 9.13 Å². The summed E-state index contributed by atoms with van der Waals surface area (Å²) in [5.74, 6) is 0. The van der Waals surface area contributed by atoms with Gasteiger partial charge in [0, 0.05) is 18.8 Å². The zero-order chi connectivity index (χ0) is 13.0. The molecular formula is C12H15N3O2S. The molecule has 96 valence electrons. The Labute approximate surface area is 108 Å². The highest BCUT2D eigenvalue weighted by molar-refractivity contribution is 7.07. The highest BCUT2D eigenvalue weighted by Gasteiger charge is 2.05. The zero-order valence-corrected chi connectivity index (χ0v) is 10.7. The largest absolute Gasteiger partial charge is 0.331 e. The molecule has 0 unspecified atom stereocenters. The van der Waals surface area contributed by atoms with Crippen LogP contribution in [-0.4, -0.2) is 15.7 Å². The Morgan fingerprint density at radius 3 is 2.78 bits per heavy atom. The van der Waals surface area contributed by atoms with E-state index in [-0.39, 0.29) is 11.2 Å². The van der Waals surface area contributed by atoms with Gasteiger partial charge in [-0.25, -0.2) is 4.79 Å². The van der Waals surface area contributed by atoms with E-state index in [0.717, 1.165) is 5.56 Å². The van der Waals surface area contributed by atoms with E-state index in [4.69, 9.17) is 5.73 Å². The lowest BCUT2D eigenvalue weighted by Gasteiger charge is -2.08. The van der Waals surface area contributed by atoms with Crippen LogP contribution in [0.25, 0.3) is 0 Å². The third kappa shape index (κ3) is 2.77. The Bertz CT molecular complexity index is 613. The molecule has 0 bridgehead atoms. The smallest absolute Gasteiger partial charge is 0.330 e. The minimum atomic E-state index is -0.276. The van der Waals surface area contributed by atoms with Crippen LogP contribution in [0, 0.1) is 0 Å². The molecule has 0 aromatic carbocycles. The van der Waals surface area contributed by atoms with Crippen LogP contribution in [0.4, 0.5) is 0 Å². The summed E-state index contributed by atoms with van der Waals surface area (Å²) in [5.41, 5.74) is 5.92. The molecule has 2 N–H and O–H groups in total. The lowest BCUT2D eigenvalue weighted by atomic mass is 10.3. The Balaban J connectivity index is 2.32. The molecule has 0 aliphatic carbocycles. The Kier molecular flexibility index (Phi) is 4.11. The topological polar surface area (TPSA) is 70.0 Å². The summed E-state index contributed by atoms with van der Waals surface area (Å²) < 4.78 is 2.78. The molecule has 2 rings (SSSR count). The Morgan fingerprint density at radius 2 is 2.11 bits per heavy atom. The summed E-state index contributed by atoms with van der Waals surface area (Å²) in [5, 5.41) is 3.95. The van der Waals surface area contributed by atoms with Crippen LogP contribution in [0.15, 0.2) is 38.7 Å². The first-order chi connectivity index (χ1) is 8.72. The fourth-order valence-electron chi connectivity index (χ4n) is 1.71. The molecule has 6 heteroatoms. The van der Waals surface area contributed by atoms with E-state index in [1.165, 1.54) is 10.6 Å². The van der Waals surface area contributed by atoms with Crippen molar-refractivity contribution in [2.45, 2.75) is 19.5 Å². The molecule has 0 saturated heterocycles. The van der Waals surface area contributed by atoms with E-state index in [1.807, 2.05) is 16.8 Å². The van der Waals surface area contributed by atoms with Gasteiger partial charge in [0.1, 0.15) is 0 Å². The SMILES string of the molecule is NCCCn1c(=O)ccn(Cc2ccsc2)c1=O. The van der Waals surface area contributed by atoms with Gasteiger partial charge in [-0.15, -0.1) is 0 Å². The second-order valence-electron chi connectivity index (χ2n) is 3.99. The normalized spacial score (nSPS) is 10.7. The lowest BCUT2D eigenvalue weighted by Crippen LogP contribution is -2.39. The molecule has 5 nitrogen and oxygen atoms in total. The predicted molar refractivity (Wildman–Crippen MR) is 72.1 cm³/mol. The average Bonchev–Trinajstić information content (AvgIpc) is 2.86. The summed E-state index contributed by atoms with van der Waals surface area (Å²) in [6, 6.07) is 3.39. The van der Waals surface area contributed by atoms with E-state index in [2.05, 4.69) is 0 Å². The van der Waals surface area contributed by atoms with Gasteiger partial charge in [-0.1, -0.05) is 0 Å². The van der Waals surface area contributed by atoms with Crippen molar-refractivity contribution in [1.29, 1.82) is 0 Å². The van der Waals surface area contributed by atoms with E-state index >= 15 is 0 Å². The molecule has 0 spiro atoms. The molecule has 0 saturated carbocycles. The molecule has 0 aliphatic heterocycles. The van der Waals surface area contributed by atoms with Crippen LogP contribution in [-0.2, 0) is 13.1 Å². The highest BCUT2D eigenvalue weighted by Crippen LogP contribution is 2.06. The number of hydrogen-bond acceptors (Lipinski definition) is 4. The molecule has 0 radical (unpaired) electrons. The van der Waals surface area contributed by atoms with Crippen LogP contribution in [0.3, 0.4) is 0 Å². The molecule has 0 aliphatic rings. The zero-order valence-electron chi connectivity index (χ0n) is 9.91. The summed E-state index contributed by atoms with van der Waals surface area (Å²) >= 11 is 1.59. The van der Waals surface area contributed by atoms with Crippen molar-refractivity contribution < 1.29 is 0 Å². The quantitative estimate of drug-likeness (QED) is 0.854. The summed E-state index contributed by atoms with van der Waals surface area (Å²) in [4.78, 5) is 23.7. The van der Waals surface area contributed by atoms with E-state index in [0.29, 0.717) is 26.1 Å². The maximum absolute atomic E-state index is 12.1. The number of thiophene rings is 1. The van der Waals surface area contributed by atoms with E-state index < -0.39 is 0 Å². The fourth-order valence-corrected chi connectivity index (χ4v) is 2.37. The monoisotopic (exact) mass is 265 g/mol. The predicted octanol–water partition coefficient (Wildman–Crippen LogP) is 0.469. The first-order valence-corrected chi connectivity index (χ1v) is 6.68. The molecule has 2 heterocycles. The minimum Gasteiger partial charge on any atom is -0.330 e. The van der Waals surface area contributed by atoms with Gasteiger partial charge in [0.05, 0.1) is 6.54 Å². The van der Waals surface area contributed by atoms with Crippen molar-refractivity contribution in [2.24, 2.45) is 5.73 Å². The molecule has 0 amide bonds. The molecule has 2 aromatic rings. The van der Waals surface area contributed by atoms with Crippen molar-refractivity contribution in [3.05, 3.63) is 55.5 Å². The van der Waals surface area contributed by atoms with E-state index in [1.54, 1.807) is 22.1 Å². The Hall–Kier alpha value is -1.66. The van der Waals surface area contributed by atoms with Gasteiger partial charge >= 0.3 is 5.69 Å². The van der Waals surface area contributed by atoms with Crippen LogP contribution >= 0.6 is 11.3 Å². The maximum Gasteiger partial charge on any atom is 0.331 e. The number of nitrogens with zero attached hydrogens (tertiary/aromatic N) is 2. The van der Waals surface area contributed by atoms with Crippen LogP contribution in [0.5, 0.6) is 0 Å². The van der Waals surface area contributed by atoms with Gasteiger partial charge in [-0.05, 0) is 35.4 Å².